The Morgan fingerprint density at radius 3 is 2.57 bits per heavy atom. The van der Waals surface area contributed by atoms with Crippen LogP contribution in [0, 0.1) is 5.92 Å². The molecule has 1 heterocycles. The van der Waals surface area contributed by atoms with E-state index in [1.165, 1.54) is 23.8 Å². The maximum Gasteiger partial charge on any atom is 0.211 e. The first kappa shape index (κ1) is 23.4. The molecule has 1 fully saturated rings. The first-order chi connectivity index (χ1) is 13.0. The number of fused-ring (bicyclic) bond motifs is 1. The summed E-state index contributed by atoms with van der Waals surface area (Å²) in [5, 5.41) is 6.84. The van der Waals surface area contributed by atoms with Crippen molar-refractivity contribution >= 4 is 40.0 Å². The van der Waals surface area contributed by atoms with Crippen molar-refractivity contribution in [3.05, 3.63) is 35.4 Å². The van der Waals surface area contributed by atoms with Crippen molar-refractivity contribution in [1.82, 2.24) is 14.9 Å². The van der Waals surface area contributed by atoms with Crippen LogP contribution in [0.2, 0.25) is 0 Å². The maximum absolute atomic E-state index is 11.6. The van der Waals surface area contributed by atoms with Crippen molar-refractivity contribution in [1.29, 1.82) is 0 Å². The molecule has 8 heteroatoms. The number of halogens is 1. The average Bonchev–Trinajstić information content (AvgIpc) is 3.07. The topological polar surface area (TPSA) is 73.8 Å². The van der Waals surface area contributed by atoms with Gasteiger partial charge in [-0.1, -0.05) is 24.3 Å². The quantitative estimate of drug-likeness (QED) is 0.344. The summed E-state index contributed by atoms with van der Waals surface area (Å²) in [6, 6.07) is 8.72. The summed E-state index contributed by atoms with van der Waals surface area (Å²) in [6.07, 6.45) is 5.41. The SMILES string of the molecule is CCNC(=NCC1CCN(S(C)(=O)=O)CC1)NCC1CCc2ccccc21.I. The molecule has 1 aliphatic carbocycles. The van der Waals surface area contributed by atoms with Crippen LogP contribution < -0.4 is 10.6 Å². The molecule has 2 aliphatic rings. The first-order valence-electron chi connectivity index (χ1n) is 10.0. The standard InChI is InChI=1S/C20H32N4O2S.HI/c1-3-21-20(22-14-16-10-12-24(13-11-16)27(2,25)26)23-15-18-9-8-17-6-4-5-7-19(17)18;/h4-7,16,18H,3,8-15H2,1-2H3,(H2,21,22,23);1H. The Morgan fingerprint density at radius 2 is 1.89 bits per heavy atom. The molecule has 2 N–H and O–H groups in total. The monoisotopic (exact) mass is 520 g/mol. The fourth-order valence-electron chi connectivity index (χ4n) is 4.06. The van der Waals surface area contributed by atoms with Gasteiger partial charge in [0.1, 0.15) is 0 Å². The smallest absolute Gasteiger partial charge is 0.211 e. The highest BCUT2D eigenvalue weighted by Crippen LogP contribution is 2.32. The Balaban J connectivity index is 0.00000280. The molecule has 6 nitrogen and oxygen atoms in total. The number of nitrogens with one attached hydrogen (secondary N) is 2. The minimum Gasteiger partial charge on any atom is -0.357 e. The Bertz CT molecular complexity index is 761. The molecule has 1 saturated heterocycles. The van der Waals surface area contributed by atoms with Gasteiger partial charge in [0.25, 0.3) is 0 Å². The third-order valence-corrected chi connectivity index (χ3v) is 6.97. The molecule has 0 saturated carbocycles. The molecule has 0 radical (unpaired) electrons. The number of aryl methyl sites for hydroxylation is 1. The van der Waals surface area contributed by atoms with Gasteiger partial charge in [-0.15, -0.1) is 24.0 Å². The normalized spacial score (nSPS) is 21.1. The number of piperidine rings is 1. The zero-order valence-corrected chi connectivity index (χ0v) is 20.0. The van der Waals surface area contributed by atoms with Gasteiger partial charge >= 0.3 is 0 Å². The van der Waals surface area contributed by atoms with Crippen molar-refractivity contribution in [2.45, 2.75) is 38.5 Å². The number of hydrogen-bond acceptors (Lipinski definition) is 3. The Labute approximate surface area is 186 Å². The fraction of sp³-hybridized carbons (Fsp3) is 0.650. The Hall–Kier alpha value is -0.870. The summed E-state index contributed by atoms with van der Waals surface area (Å²) < 4.78 is 24.8. The van der Waals surface area contributed by atoms with E-state index in [2.05, 4.69) is 41.8 Å². The van der Waals surface area contributed by atoms with Gasteiger partial charge in [0.2, 0.25) is 10.0 Å². The summed E-state index contributed by atoms with van der Waals surface area (Å²) >= 11 is 0. The Kier molecular flexibility index (Phi) is 9.01. The zero-order valence-electron chi connectivity index (χ0n) is 16.9. The molecule has 0 bridgehead atoms. The molecule has 1 aromatic carbocycles. The zero-order chi connectivity index (χ0) is 19.3. The van der Waals surface area contributed by atoms with Crippen molar-refractivity contribution in [3.8, 4) is 0 Å². The van der Waals surface area contributed by atoms with Crippen LogP contribution in [-0.2, 0) is 16.4 Å². The van der Waals surface area contributed by atoms with Crippen LogP contribution >= 0.6 is 24.0 Å². The number of benzene rings is 1. The van der Waals surface area contributed by atoms with E-state index in [4.69, 9.17) is 4.99 Å². The predicted molar refractivity (Wildman–Crippen MR) is 126 cm³/mol. The lowest BCUT2D eigenvalue weighted by molar-refractivity contribution is 0.280. The van der Waals surface area contributed by atoms with Crippen LogP contribution in [0.25, 0.3) is 0 Å². The van der Waals surface area contributed by atoms with Gasteiger partial charge in [0.05, 0.1) is 6.26 Å². The van der Waals surface area contributed by atoms with Crippen LogP contribution in [0.1, 0.15) is 43.2 Å². The van der Waals surface area contributed by atoms with Crippen LogP contribution in [0.4, 0.5) is 0 Å². The summed E-state index contributed by atoms with van der Waals surface area (Å²) in [7, 11) is -3.06. The second kappa shape index (κ2) is 10.8. The van der Waals surface area contributed by atoms with Gasteiger partial charge in [-0.05, 0) is 49.7 Å². The highest BCUT2D eigenvalue weighted by molar-refractivity contribution is 14.0. The summed E-state index contributed by atoms with van der Waals surface area (Å²) in [5.41, 5.74) is 2.94. The number of nitrogens with zero attached hydrogens (tertiary/aromatic N) is 2. The second-order valence-corrected chi connectivity index (χ2v) is 9.62. The summed E-state index contributed by atoms with van der Waals surface area (Å²) in [4.78, 5) is 4.77. The molecule has 1 aromatic rings. The van der Waals surface area contributed by atoms with Crippen LogP contribution in [0.3, 0.4) is 0 Å². The van der Waals surface area contributed by atoms with Crippen LogP contribution in [-0.4, -0.2) is 57.7 Å². The van der Waals surface area contributed by atoms with E-state index in [1.54, 1.807) is 4.31 Å². The van der Waals surface area contributed by atoms with Crippen molar-refractivity contribution < 1.29 is 8.42 Å². The lowest BCUT2D eigenvalue weighted by Crippen LogP contribution is -2.41. The molecular weight excluding hydrogens is 487 g/mol. The molecule has 1 aliphatic heterocycles. The van der Waals surface area contributed by atoms with Crippen LogP contribution in [0.15, 0.2) is 29.3 Å². The molecule has 158 valence electrons. The van der Waals surface area contributed by atoms with Gasteiger partial charge in [-0.25, -0.2) is 12.7 Å². The van der Waals surface area contributed by atoms with Gasteiger partial charge in [0.15, 0.2) is 5.96 Å². The van der Waals surface area contributed by atoms with E-state index in [-0.39, 0.29) is 24.0 Å². The fourth-order valence-corrected chi connectivity index (χ4v) is 4.94. The highest BCUT2D eigenvalue weighted by atomic mass is 127. The number of hydrogen-bond donors (Lipinski definition) is 2. The molecule has 0 spiro atoms. The van der Waals surface area contributed by atoms with E-state index >= 15 is 0 Å². The molecule has 0 aromatic heterocycles. The molecule has 28 heavy (non-hydrogen) atoms. The van der Waals surface area contributed by atoms with Gasteiger partial charge in [-0.3, -0.25) is 4.99 Å². The van der Waals surface area contributed by atoms with E-state index in [1.807, 2.05) is 0 Å². The van der Waals surface area contributed by atoms with E-state index in [0.717, 1.165) is 44.9 Å². The largest absolute Gasteiger partial charge is 0.357 e. The third kappa shape index (κ3) is 6.32. The Morgan fingerprint density at radius 1 is 1.18 bits per heavy atom. The molecular formula is C20H33IN4O2S. The van der Waals surface area contributed by atoms with Gasteiger partial charge in [-0.2, -0.15) is 0 Å². The van der Waals surface area contributed by atoms with Crippen molar-refractivity contribution in [3.63, 3.8) is 0 Å². The lowest BCUT2D eigenvalue weighted by Gasteiger charge is -2.29. The van der Waals surface area contributed by atoms with Gasteiger partial charge < -0.3 is 10.6 Å². The lowest BCUT2D eigenvalue weighted by atomic mass is 9.98. The molecule has 0 amide bonds. The molecule has 1 unspecified atom stereocenters. The average molecular weight is 520 g/mol. The van der Waals surface area contributed by atoms with Crippen LogP contribution in [0.5, 0.6) is 0 Å². The molecule has 1 atom stereocenters. The number of aliphatic imine (C=N–C) groups is 1. The number of sulfonamides is 1. The van der Waals surface area contributed by atoms with E-state index in [9.17, 15) is 8.42 Å². The first-order valence-corrected chi connectivity index (χ1v) is 11.9. The van der Waals surface area contributed by atoms with E-state index < -0.39 is 10.0 Å². The van der Waals surface area contributed by atoms with Gasteiger partial charge in [0, 0.05) is 38.6 Å². The predicted octanol–water partition coefficient (Wildman–Crippen LogP) is 2.56. The minimum absolute atomic E-state index is 0. The van der Waals surface area contributed by atoms with Crippen molar-refractivity contribution in [2.75, 3.05) is 39.0 Å². The third-order valence-electron chi connectivity index (χ3n) is 5.67. The van der Waals surface area contributed by atoms with Crippen molar-refractivity contribution in [2.24, 2.45) is 10.9 Å². The summed E-state index contributed by atoms with van der Waals surface area (Å²) in [6.45, 7) is 5.78. The number of guanidine groups is 1. The van der Waals surface area contributed by atoms with E-state index in [0.29, 0.717) is 24.9 Å². The highest BCUT2D eigenvalue weighted by Gasteiger charge is 2.25. The minimum atomic E-state index is -3.06. The second-order valence-electron chi connectivity index (χ2n) is 7.64. The molecule has 3 rings (SSSR count). The number of rotatable bonds is 6. The maximum atomic E-state index is 11.6. The summed E-state index contributed by atoms with van der Waals surface area (Å²) in [5.74, 6) is 1.86.